The van der Waals surface area contributed by atoms with Crippen LogP contribution < -0.4 is 5.32 Å². The molecule has 5 heteroatoms. The van der Waals surface area contributed by atoms with Crippen LogP contribution in [-0.2, 0) is 11.8 Å². The third-order valence-corrected chi connectivity index (χ3v) is 3.49. The quantitative estimate of drug-likeness (QED) is 0.870. The molecular weight excluding hydrogens is 254 g/mol. The van der Waals surface area contributed by atoms with Crippen LogP contribution in [0.4, 0.5) is 5.82 Å². The number of carbonyl (C=O) groups is 1. The second-order valence-electron chi connectivity index (χ2n) is 5.26. The molecule has 1 amide bonds. The van der Waals surface area contributed by atoms with E-state index in [0.29, 0.717) is 23.4 Å². The van der Waals surface area contributed by atoms with Gasteiger partial charge in [-0.25, -0.2) is 0 Å². The average molecular weight is 271 g/mol. The highest BCUT2D eigenvalue weighted by Gasteiger charge is 2.36. The van der Waals surface area contributed by atoms with Crippen LogP contribution in [0, 0.1) is 5.92 Å². The first kappa shape index (κ1) is 12.7. The number of rotatable bonds is 4. The maximum Gasteiger partial charge on any atom is 0.249 e. The third kappa shape index (κ3) is 2.82. The van der Waals surface area contributed by atoms with Gasteiger partial charge in [0.15, 0.2) is 5.82 Å². The zero-order valence-electron chi connectivity index (χ0n) is 11.5. The van der Waals surface area contributed by atoms with Gasteiger partial charge in [0.1, 0.15) is 11.5 Å². The Morgan fingerprint density at radius 3 is 2.95 bits per heavy atom. The van der Waals surface area contributed by atoms with Crippen molar-refractivity contribution in [2.75, 3.05) is 5.32 Å². The zero-order valence-corrected chi connectivity index (χ0v) is 11.5. The molecule has 0 radical (unpaired) electrons. The Labute approximate surface area is 117 Å². The lowest BCUT2D eigenvalue weighted by atomic mass is 10.3. The van der Waals surface area contributed by atoms with Gasteiger partial charge >= 0.3 is 0 Å². The highest BCUT2D eigenvalue weighted by molar-refractivity contribution is 6.01. The number of nitrogens with one attached hydrogen (secondary N) is 1. The number of nitrogens with zero attached hydrogens (tertiary/aromatic N) is 2. The molecule has 104 valence electrons. The van der Waals surface area contributed by atoms with Gasteiger partial charge in [-0.05, 0) is 30.5 Å². The Morgan fingerprint density at radius 1 is 1.50 bits per heavy atom. The summed E-state index contributed by atoms with van der Waals surface area (Å²) in [6, 6.07) is 5.63. The van der Waals surface area contributed by atoms with E-state index in [0.717, 1.165) is 5.76 Å². The van der Waals surface area contributed by atoms with E-state index in [-0.39, 0.29) is 5.91 Å². The first-order valence-corrected chi connectivity index (χ1v) is 6.70. The molecule has 0 spiro atoms. The normalized spacial score (nSPS) is 21.3. The van der Waals surface area contributed by atoms with Gasteiger partial charge in [-0.15, -0.1) is 0 Å². The van der Waals surface area contributed by atoms with E-state index in [4.69, 9.17) is 4.42 Å². The molecule has 3 rings (SSSR count). The largest absolute Gasteiger partial charge is 0.461 e. The SMILES string of the molecule is CC1CC1c1ccc(/C=C/C(=O)Nc2ccn(C)n2)o1. The Hall–Kier alpha value is -2.30. The number of amides is 1. The van der Waals surface area contributed by atoms with Crippen LogP contribution in [0.2, 0.25) is 0 Å². The number of carbonyl (C=O) groups excluding carboxylic acids is 1. The molecule has 20 heavy (non-hydrogen) atoms. The van der Waals surface area contributed by atoms with Gasteiger partial charge in [0, 0.05) is 31.3 Å². The Balaban J connectivity index is 1.59. The molecule has 2 unspecified atom stereocenters. The first-order valence-electron chi connectivity index (χ1n) is 6.70. The number of aryl methyl sites for hydroxylation is 1. The van der Waals surface area contributed by atoms with Crippen molar-refractivity contribution in [2.24, 2.45) is 13.0 Å². The number of hydrogen-bond donors (Lipinski definition) is 1. The minimum atomic E-state index is -0.221. The van der Waals surface area contributed by atoms with Crippen molar-refractivity contribution >= 4 is 17.8 Å². The fraction of sp³-hybridized carbons (Fsp3) is 0.333. The minimum absolute atomic E-state index is 0.221. The Bertz CT molecular complexity index is 654. The zero-order chi connectivity index (χ0) is 14.1. The average Bonchev–Trinajstić information content (AvgIpc) is 2.82. The minimum Gasteiger partial charge on any atom is -0.461 e. The molecular formula is C15H17N3O2. The lowest BCUT2D eigenvalue weighted by Crippen LogP contribution is -2.08. The Morgan fingerprint density at radius 2 is 2.30 bits per heavy atom. The van der Waals surface area contributed by atoms with E-state index in [2.05, 4.69) is 17.3 Å². The van der Waals surface area contributed by atoms with Gasteiger partial charge in [0.05, 0.1) is 0 Å². The van der Waals surface area contributed by atoms with Gasteiger partial charge in [-0.2, -0.15) is 5.10 Å². The van der Waals surface area contributed by atoms with Crippen molar-refractivity contribution in [1.29, 1.82) is 0 Å². The van der Waals surface area contributed by atoms with Crippen LogP contribution in [-0.4, -0.2) is 15.7 Å². The van der Waals surface area contributed by atoms with Crippen molar-refractivity contribution in [3.8, 4) is 0 Å². The smallest absolute Gasteiger partial charge is 0.249 e. The van der Waals surface area contributed by atoms with E-state index in [1.54, 1.807) is 30.1 Å². The molecule has 2 atom stereocenters. The van der Waals surface area contributed by atoms with Crippen molar-refractivity contribution in [2.45, 2.75) is 19.3 Å². The van der Waals surface area contributed by atoms with Crippen molar-refractivity contribution in [3.63, 3.8) is 0 Å². The van der Waals surface area contributed by atoms with Crippen molar-refractivity contribution < 1.29 is 9.21 Å². The molecule has 0 saturated heterocycles. The summed E-state index contributed by atoms with van der Waals surface area (Å²) in [5.74, 6) is 3.30. The summed E-state index contributed by atoms with van der Waals surface area (Å²) in [6.45, 7) is 2.21. The van der Waals surface area contributed by atoms with Gasteiger partial charge in [0.25, 0.3) is 0 Å². The molecule has 0 bridgehead atoms. The van der Waals surface area contributed by atoms with E-state index < -0.39 is 0 Å². The molecule has 1 aliphatic carbocycles. The number of aromatic nitrogens is 2. The molecule has 1 fully saturated rings. The summed E-state index contributed by atoms with van der Waals surface area (Å²) in [4.78, 5) is 11.7. The predicted octanol–water partition coefficient (Wildman–Crippen LogP) is 2.79. The molecule has 5 nitrogen and oxygen atoms in total. The van der Waals surface area contributed by atoms with E-state index in [1.165, 1.54) is 12.5 Å². The maximum atomic E-state index is 11.7. The fourth-order valence-electron chi connectivity index (χ4n) is 2.18. The number of anilines is 1. The lowest BCUT2D eigenvalue weighted by molar-refractivity contribution is -0.111. The second-order valence-corrected chi connectivity index (χ2v) is 5.26. The fourth-order valence-corrected chi connectivity index (χ4v) is 2.18. The topological polar surface area (TPSA) is 60.1 Å². The van der Waals surface area contributed by atoms with Gasteiger partial charge < -0.3 is 9.73 Å². The second kappa shape index (κ2) is 5.00. The lowest BCUT2D eigenvalue weighted by Gasteiger charge is -1.95. The van der Waals surface area contributed by atoms with Crippen LogP contribution >= 0.6 is 0 Å². The molecule has 2 heterocycles. The Kier molecular flexibility index (Phi) is 3.18. The van der Waals surface area contributed by atoms with Crippen LogP contribution in [0.1, 0.15) is 30.8 Å². The number of hydrogen-bond acceptors (Lipinski definition) is 3. The molecule has 1 aliphatic rings. The maximum absolute atomic E-state index is 11.7. The summed E-state index contributed by atoms with van der Waals surface area (Å²) < 4.78 is 7.33. The number of furan rings is 1. The van der Waals surface area contributed by atoms with E-state index in [9.17, 15) is 4.79 Å². The summed E-state index contributed by atoms with van der Waals surface area (Å²) in [7, 11) is 1.80. The molecule has 0 aliphatic heterocycles. The monoisotopic (exact) mass is 271 g/mol. The standard InChI is InChI=1S/C15H17N3O2/c1-10-9-12(10)13-5-3-11(20-13)4-6-15(19)16-14-7-8-18(2)17-14/h3-8,10,12H,9H2,1-2H3,(H,16,17,19)/b6-4+. The van der Waals surface area contributed by atoms with Crippen LogP contribution in [0.5, 0.6) is 0 Å². The van der Waals surface area contributed by atoms with Crippen LogP contribution in [0.3, 0.4) is 0 Å². The van der Waals surface area contributed by atoms with Gasteiger partial charge in [-0.3, -0.25) is 9.48 Å². The van der Waals surface area contributed by atoms with Gasteiger partial charge in [-0.1, -0.05) is 6.92 Å². The van der Waals surface area contributed by atoms with Gasteiger partial charge in [0.2, 0.25) is 5.91 Å². The first-order chi connectivity index (χ1) is 9.61. The molecule has 1 saturated carbocycles. The summed E-state index contributed by atoms with van der Waals surface area (Å²) in [6.07, 6.45) is 6.09. The third-order valence-electron chi connectivity index (χ3n) is 3.49. The van der Waals surface area contributed by atoms with E-state index >= 15 is 0 Å². The highest BCUT2D eigenvalue weighted by atomic mass is 16.3. The highest BCUT2D eigenvalue weighted by Crippen LogP contribution is 2.47. The molecule has 2 aromatic heterocycles. The molecule has 0 aromatic carbocycles. The molecule has 1 N–H and O–H groups in total. The summed E-state index contributed by atoms with van der Waals surface area (Å²) >= 11 is 0. The van der Waals surface area contributed by atoms with Crippen LogP contribution in [0.25, 0.3) is 6.08 Å². The van der Waals surface area contributed by atoms with Crippen molar-refractivity contribution in [1.82, 2.24) is 9.78 Å². The van der Waals surface area contributed by atoms with Crippen molar-refractivity contribution in [3.05, 3.63) is 42.0 Å². The van der Waals surface area contributed by atoms with Crippen LogP contribution in [0.15, 0.2) is 34.9 Å². The summed E-state index contributed by atoms with van der Waals surface area (Å²) in [5.41, 5.74) is 0. The summed E-state index contributed by atoms with van der Waals surface area (Å²) in [5, 5.41) is 6.76. The van der Waals surface area contributed by atoms with E-state index in [1.807, 2.05) is 12.1 Å². The molecule has 2 aromatic rings. The predicted molar refractivity (Wildman–Crippen MR) is 76.1 cm³/mol.